The van der Waals surface area contributed by atoms with Crippen LogP contribution in [0.15, 0.2) is 30.5 Å². The number of hydrogen-bond donors (Lipinski definition) is 1. The van der Waals surface area contributed by atoms with Gasteiger partial charge in [0.1, 0.15) is 0 Å². The Hall–Kier alpha value is -1.97. The third kappa shape index (κ3) is 3.53. The number of aromatic nitrogens is 1. The minimum Gasteiger partial charge on any atom is -0.468 e. The van der Waals surface area contributed by atoms with Crippen molar-refractivity contribution < 1.29 is 9.53 Å². The van der Waals surface area contributed by atoms with E-state index < -0.39 is 0 Å². The third-order valence-corrected chi connectivity index (χ3v) is 3.50. The number of rotatable bonds is 3. The molecule has 2 heterocycles. The van der Waals surface area contributed by atoms with E-state index in [0.29, 0.717) is 13.1 Å². The second-order valence-electron chi connectivity index (χ2n) is 4.82. The number of nitrogens with zero attached hydrogens (tertiary/aromatic N) is 1. The lowest BCUT2D eigenvalue weighted by molar-refractivity contribution is -0.128. The maximum atomic E-state index is 9.18. The second-order valence-corrected chi connectivity index (χ2v) is 4.82. The molecule has 1 aliphatic rings. The van der Waals surface area contributed by atoms with Gasteiger partial charge in [-0.3, -0.25) is 4.79 Å². The van der Waals surface area contributed by atoms with Crippen molar-refractivity contribution in [2.75, 3.05) is 24.6 Å². The van der Waals surface area contributed by atoms with E-state index in [1.807, 2.05) is 0 Å². The van der Waals surface area contributed by atoms with Gasteiger partial charge in [-0.15, -0.1) is 0 Å². The third-order valence-electron chi connectivity index (χ3n) is 3.50. The molecule has 3 rings (SSSR count). The number of H-pyrrole nitrogens is 1. The summed E-state index contributed by atoms with van der Waals surface area (Å²) in [6.07, 6.45) is 6.20. The number of carbonyl (C=O) groups excluding carboxylic acids is 1. The largest absolute Gasteiger partial charge is 0.468 e. The number of piperidine rings is 1. The first-order valence-electron chi connectivity index (χ1n) is 7.23. The van der Waals surface area contributed by atoms with Crippen molar-refractivity contribution in [2.24, 2.45) is 0 Å². The molecule has 1 aromatic carbocycles. The molecule has 0 radical (unpaired) electrons. The quantitative estimate of drug-likeness (QED) is 0.873. The maximum absolute atomic E-state index is 9.18. The molecule has 1 aromatic heterocycles. The van der Waals surface area contributed by atoms with Crippen molar-refractivity contribution in [3.05, 3.63) is 30.5 Å². The van der Waals surface area contributed by atoms with Crippen molar-refractivity contribution in [2.45, 2.75) is 26.2 Å². The Morgan fingerprint density at radius 3 is 2.65 bits per heavy atom. The zero-order chi connectivity index (χ0) is 14.2. The molecule has 108 valence electrons. The van der Waals surface area contributed by atoms with E-state index in [0.717, 1.165) is 0 Å². The van der Waals surface area contributed by atoms with Crippen LogP contribution in [0.5, 0.6) is 0 Å². The molecule has 0 bridgehead atoms. The molecule has 4 nitrogen and oxygen atoms in total. The van der Waals surface area contributed by atoms with Crippen LogP contribution in [0.3, 0.4) is 0 Å². The topological polar surface area (TPSA) is 45.3 Å². The molecule has 1 saturated heterocycles. The summed E-state index contributed by atoms with van der Waals surface area (Å²) in [7, 11) is 0. The minimum atomic E-state index is 0.431. The number of nitrogens with one attached hydrogen (secondary N) is 1. The number of fused-ring (bicyclic) bond motifs is 1. The fourth-order valence-electron chi connectivity index (χ4n) is 2.52. The van der Waals surface area contributed by atoms with Gasteiger partial charge in [-0.2, -0.15) is 0 Å². The van der Waals surface area contributed by atoms with Crippen LogP contribution in [0.2, 0.25) is 0 Å². The zero-order valence-electron chi connectivity index (χ0n) is 12.0. The molecule has 0 unspecified atom stereocenters. The van der Waals surface area contributed by atoms with Crippen LogP contribution in [0.4, 0.5) is 5.69 Å². The van der Waals surface area contributed by atoms with Crippen LogP contribution in [0, 0.1) is 0 Å². The van der Waals surface area contributed by atoms with Crippen LogP contribution in [0.1, 0.15) is 26.2 Å². The first-order valence-corrected chi connectivity index (χ1v) is 7.23. The van der Waals surface area contributed by atoms with Gasteiger partial charge in [0.15, 0.2) is 0 Å². The van der Waals surface area contributed by atoms with E-state index >= 15 is 0 Å². The van der Waals surface area contributed by atoms with Gasteiger partial charge < -0.3 is 14.6 Å². The Balaban J connectivity index is 0.000000257. The van der Waals surface area contributed by atoms with Crippen molar-refractivity contribution in [1.29, 1.82) is 0 Å². The van der Waals surface area contributed by atoms with Gasteiger partial charge in [0.05, 0.1) is 12.3 Å². The summed E-state index contributed by atoms with van der Waals surface area (Å²) < 4.78 is 4.15. The molecule has 1 N–H and O–H groups in total. The van der Waals surface area contributed by atoms with E-state index in [4.69, 9.17) is 0 Å². The molecule has 20 heavy (non-hydrogen) atoms. The Kier molecular flexibility index (Phi) is 5.47. The summed E-state index contributed by atoms with van der Waals surface area (Å²) in [6.45, 7) is 5.08. The van der Waals surface area contributed by atoms with Gasteiger partial charge in [0.2, 0.25) is 0 Å². The monoisotopic (exact) mass is 274 g/mol. The van der Waals surface area contributed by atoms with Crippen molar-refractivity contribution in [1.82, 2.24) is 4.98 Å². The van der Waals surface area contributed by atoms with Crippen LogP contribution in [0.25, 0.3) is 10.9 Å². The Morgan fingerprint density at radius 2 is 2.00 bits per heavy atom. The Labute approximate surface area is 119 Å². The molecular weight excluding hydrogens is 252 g/mol. The molecule has 0 saturated carbocycles. The van der Waals surface area contributed by atoms with Crippen molar-refractivity contribution in [3.8, 4) is 0 Å². The van der Waals surface area contributed by atoms with E-state index in [2.05, 4.69) is 45.1 Å². The fourth-order valence-corrected chi connectivity index (χ4v) is 2.52. The summed E-state index contributed by atoms with van der Waals surface area (Å²) in [4.78, 5) is 15.0. The summed E-state index contributed by atoms with van der Waals surface area (Å²) in [5.41, 5.74) is 2.63. The van der Waals surface area contributed by atoms with Gasteiger partial charge >= 0.3 is 0 Å². The van der Waals surface area contributed by atoms with Gasteiger partial charge in [0, 0.05) is 30.2 Å². The van der Waals surface area contributed by atoms with E-state index in [-0.39, 0.29) is 0 Å². The summed E-state index contributed by atoms with van der Waals surface area (Å²) in [6, 6.07) is 8.54. The number of ether oxygens (including phenoxy) is 1. The SMILES string of the molecule is CCOC=O.c1ccc2c(N3CCCCC3)c[nH]c2c1. The van der Waals surface area contributed by atoms with Gasteiger partial charge in [-0.1, -0.05) is 18.2 Å². The minimum absolute atomic E-state index is 0.431. The number of aromatic amines is 1. The van der Waals surface area contributed by atoms with Crippen LogP contribution < -0.4 is 4.90 Å². The predicted octanol–water partition coefficient (Wildman–Crippen LogP) is 3.34. The highest BCUT2D eigenvalue weighted by molar-refractivity contribution is 5.92. The number of carbonyl (C=O) groups is 1. The van der Waals surface area contributed by atoms with Gasteiger partial charge in [0.25, 0.3) is 6.47 Å². The highest BCUT2D eigenvalue weighted by Gasteiger charge is 2.13. The van der Waals surface area contributed by atoms with E-state index in [1.54, 1.807) is 6.92 Å². The first-order chi connectivity index (χ1) is 9.86. The van der Waals surface area contributed by atoms with Crippen LogP contribution in [-0.4, -0.2) is 31.2 Å². The van der Waals surface area contributed by atoms with Gasteiger partial charge in [-0.25, -0.2) is 0 Å². The molecule has 0 amide bonds. The average molecular weight is 274 g/mol. The maximum Gasteiger partial charge on any atom is 0.293 e. The number of benzene rings is 1. The second kappa shape index (κ2) is 7.58. The number of anilines is 1. The van der Waals surface area contributed by atoms with Gasteiger partial charge in [-0.05, 0) is 32.3 Å². The zero-order valence-corrected chi connectivity index (χ0v) is 12.0. The molecule has 1 fully saturated rings. The van der Waals surface area contributed by atoms with Crippen LogP contribution >= 0.6 is 0 Å². The molecule has 4 heteroatoms. The summed E-state index contributed by atoms with van der Waals surface area (Å²) in [5.74, 6) is 0. The van der Waals surface area contributed by atoms with E-state index in [1.165, 1.54) is 48.9 Å². The first kappa shape index (κ1) is 14.4. The molecule has 1 aliphatic heterocycles. The van der Waals surface area contributed by atoms with Crippen molar-refractivity contribution in [3.63, 3.8) is 0 Å². The average Bonchev–Trinajstić information content (AvgIpc) is 2.94. The molecule has 0 spiro atoms. The molecular formula is C16H22N2O2. The fraction of sp³-hybridized carbons (Fsp3) is 0.438. The lowest BCUT2D eigenvalue weighted by Crippen LogP contribution is -2.29. The molecule has 2 aromatic rings. The lowest BCUT2D eigenvalue weighted by Gasteiger charge is -2.28. The molecule has 0 atom stereocenters. The smallest absolute Gasteiger partial charge is 0.293 e. The predicted molar refractivity (Wildman–Crippen MR) is 82.1 cm³/mol. The normalized spacial score (nSPS) is 14.6. The lowest BCUT2D eigenvalue weighted by atomic mass is 10.1. The standard InChI is InChI=1S/C13H16N2.C3H6O2/c1-4-8-15(9-5-1)13-10-14-12-7-3-2-6-11(12)13;1-2-5-3-4/h2-3,6-7,10,14H,1,4-5,8-9H2;3H,2H2,1H3. The number of para-hydroxylation sites is 1. The molecule has 0 aliphatic carbocycles. The Bertz CT molecular complexity index is 530. The Morgan fingerprint density at radius 1 is 1.25 bits per heavy atom. The summed E-state index contributed by atoms with van der Waals surface area (Å²) in [5, 5.41) is 1.36. The van der Waals surface area contributed by atoms with Crippen molar-refractivity contribution >= 4 is 23.1 Å². The summed E-state index contributed by atoms with van der Waals surface area (Å²) >= 11 is 0. The van der Waals surface area contributed by atoms with Crippen LogP contribution in [-0.2, 0) is 9.53 Å². The highest BCUT2D eigenvalue weighted by atomic mass is 16.5. The highest BCUT2D eigenvalue weighted by Crippen LogP contribution is 2.28. The number of hydrogen-bond acceptors (Lipinski definition) is 3. The van der Waals surface area contributed by atoms with E-state index in [9.17, 15) is 4.79 Å².